The molecule has 0 saturated heterocycles. The topological polar surface area (TPSA) is 82.2 Å². The standard InChI is InChI=1S/C15H18N2O3/c1-2-4-11(15(19)20)9-17-14(18)12-6-3-5-10-7-8-16-13(10)12/h3,5-8,11,16H,2,4,9H2,1H3,(H,17,18)(H,19,20). The summed E-state index contributed by atoms with van der Waals surface area (Å²) in [4.78, 5) is 26.2. The zero-order valence-corrected chi connectivity index (χ0v) is 11.3. The first-order chi connectivity index (χ1) is 9.63. The Balaban J connectivity index is 2.08. The number of aliphatic carboxylic acids is 1. The van der Waals surface area contributed by atoms with Gasteiger partial charge >= 0.3 is 5.97 Å². The van der Waals surface area contributed by atoms with E-state index in [1.165, 1.54) is 0 Å². The van der Waals surface area contributed by atoms with E-state index in [0.717, 1.165) is 17.3 Å². The number of H-pyrrole nitrogens is 1. The molecule has 0 aliphatic carbocycles. The predicted octanol–water partition coefficient (Wildman–Crippen LogP) is 2.40. The Morgan fingerprint density at radius 2 is 2.15 bits per heavy atom. The molecule has 106 valence electrons. The number of para-hydroxylation sites is 1. The fourth-order valence-corrected chi connectivity index (χ4v) is 2.25. The zero-order chi connectivity index (χ0) is 14.5. The maximum absolute atomic E-state index is 12.2. The van der Waals surface area contributed by atoms with E-state index in [1.807, 2.05) is 25.1 Å². The maximum Gasteiger partial charge on any atom is 0.308 e. The van der Waals surface area contributed by atoms with E-state index < -0.39 is 11.9 Å². The number of hydrogen-bond donors (Lipinski definition) is 3. The van der Waals surface area contributed by atoms with Crippen LogP contribution in [0.1, 0.15) is 30.1 Å². The highest BCUT2D eigenvalue weighted by atomic mass is 16.4. The van der Waals surface area contributed by atoms with Gasteiger partial charge in [0.1, 0.15) is 0 Å². The van der Waals surface area contributed by atoms with Gasteiger partial charge in [-0.3, -0.25) is 9.59 Å². The third-order valence-electron chi connectivity index (χ3n) is 3.33. The molecule has 1 aromatic heterocycles. The van der Waals surface area contributed by atoms with Gasteiger partial charge in [0.15, 0.2) is 0 Å². The molecule has 1 amide bonds. The summed E-state index contributed by atoms with van der Waals surface area (Å²) in [6, 6.07) is 7.35. The van der Waals surface area contributed by atoms with Crippen LogP contribution in [0.5, 0.6) is 0 Å². The van der Waals surface area contributed by atoms with Crippen LogP contribution in [0.15, 0.2) is 30.5 Å². The molecule has 0 spiro atoms. The molecule has 5 heteroatoms. The number of nitrogens with one attached hydrogen (secondary N) is 2. The van der Waals surface area contributed by atoms with Crippen LogP contribution in [0.4, 0.5) is 0 Å². The summed E-state index contributed by atoms with van der Waals surface area (Å²) >= 11 is 0. The van der Waals surface area contributed by atoms with Gasteiger partial charge in [-0.1, -0.05) is 25.5 Å². The smallest absolute Gasteiger partial charge is 0.308 e. The molecule has 5 nitrogen and oxygen atoms in total. The number of rotatable bonds is 6. The van der Waals surface area contributed by atoms with Gasteiger partial charge in [-0.05, 0) is 18.6 Å². The molecule has 1 aromatic carbocycles. The van der Waals surface area contributed by atoms with Crippen LogP contribution in [0.2, 0.25) is 0 Å². The van der Waals surface area contributed by atoms with Gasteiger partial charge < -0.3 is 15.4 Å². The third-order valence-corrected chi connectivity index (χ3v) is 3.33. The van der Waals surface area contributed by atoms with Crippen LogP contribution in [0, 0.1) is 5.92 Å². The summed E-state index contributed by atoms with van der Waals surface area (Å²) in [7, 11) is 0. The van der Waals surface area contributed by atoms with Gasteiger partial charge in [-0.15, -0.1) is 0 Å². The number of aromatic amines is 1. The van der Waals surface area contributed by atoms with E-state index in [4.69, 9.17) is 5.11 Å². The van der Waals surface area contributed by atoms with Crippen molar-refractivity contribution in [3.63, 3.8) is 0 Å². The van der Waals surface area contributed by atoms with E-state index in [1.54, 1.807) is 12.3 Å². The Kier molecular flexibility index (Phi) is 4.40. The van der Waals surface area contributed by atoms with Crippen LogP contribution < -0.4 is 5.32 Å². The number of amides is 1. The van der Waals surface area contributed by atoms with Crippen LogP contribution in [-0.4, -0.2) is 28.5 Å². The first kappa shape index (κ1) is 14.1. The Morgan fingerprint density at radius 1 is 1.35 bits per heavy atom. The monoisotopic (exact) mass is 274 g/mol. The molecule has 0 aliphatic heterocycles. The molecule has 0 bridgehead atoms. The molecule has 1 atom stereocenters. The number of carboxylic acid groups (broad SMARTS) is 1. The quantitative estimate of drug-likeness (QED) is 0.756. The van der Waals surface area contributed by atoms with Gasteiger partial charge in [0.2, 0.25) is 0 Å². The minimum atomic E-state index is -0.870. The van der Waals surface area contributed by atoms with E-state index in [0.29, 0.717) is 12.0 Å². The number of fused-ring (bicyclic) bond motifs is 1. The van der Waals surface area contributed by atoms with Crippen LogP contribution in [0.25, 0.3) is 10.9 Å². The molecular weight excluding hydrogens is 256 g/mol. The Labute approximate surface area is 117 Å². The van der Waals surface area contributed by atoms with Crippen molar-refractivity contribution in [3.8, 4) is 0 Å². The number of carboxylic acids is 1. The van der Waals surface area contributed by atoms with Gasteiger partial charge in [-0.25, -0.2) is 0 Å². The molecule has 0 radical (unpaired) electrons. The summed E-state index contributed by atoms with van der Waals surface area (Å²) in [6.45, 7) is 2.08. The lowest BCUT2D eigenvalue weighted by Gasteiger charge is -2.12. The first-order valence-electron chi connectivity index (χ1n) is 6.70. The van der Waals surface area contributed by atoms with Crippen LogP contribution in [-0.2, 0) is 4.79 Å². The van der Waals surface area contributed by atoms with Crippen molar-refractivity contribution in [1.29, 1.82) is 0 Å². The van der Waals surface area contributed by atoms with Crippen molar-refractivity contribution in [3.05, 3.63) is 36.0 Å². The van der Waals surface area contributed by atoms with Gasteiger partial charge in [0.25, 0.3) is 5.91 Å². The summed E-state index contributed by atoms with van der Waals surface area (Å²) in [5, 5.41) is 12.7. The van der Waals surface area contributed by atoms with E-state index in [2.05, 4.69) is 10.3 Å². The summed E-state index contributed by atoms with van der Waals surface area (Å²) in [5.41, 5.74) is 1.31. The van der Waals surface area contributed by atoms with E-state index in [9.17, 15) is 9.59 Å². The fraction of sp³-hybridized carbons (Fsp3) is 0.333. The number of aromatic nitrogens is 1. The second-order valence-electron chi connectivity index (χ2n) is 4.78. The maximum atomic E-state index is 12.2. The second kappa shape index (κ2) is 6.23. The molecule has 1 heterocycles. The van der Waals surface area contributed by atoms with Gasteiger partial charge in [-0.2, -0.15) is 0 Å². The molecule has 1 unspecified atom stereocenters. The summed E-state index contributed by atoms with van der Waals surface area (Å²) in [6.07, 6.45) is 3.11. The lowest BCUT2D eigenvalue weighted by Crippen LogP contribution is -2.33. The van der Waals surface area contributed by atoms with Gasteiger partial charge in [0.05, 0.1) is 17.0 Å². The summed E-state index contributed by atoms with van der Waals surface area (Å²) < 4.78 is 0. The van der Waals surface area contributed by atoms with Crippen molar-refractivity contribution >= 4 is 22.8 Å². The molecule has 0 saturated carbocycles. The molecule has 0 aliphatic rings. The van der Waals surface area contributed by atoms with Crippen molar-refractivity contribution < 1.29 is 14.7 Å². The summed E-state index contributed by atoms with van der Waals surface area (Å²) in [5.74, 6) is -1.66. The minimum Gasteiger partial charge on any atom is -0.481 e. The third kappa shape index (κ3) is 2.99. The number of carbonyl (C=O) groups excluding carboxylic acids is 1. The fourth-order valence-electron chi connectivity index (χ4n) is 2.25. The molecule has 2 aromatic rings. The highest BCUT2D eigenvalue weighted by Gasteiger charge is 2.18. The lowest BCUT2D eigenvalue weighted by atomic mass is 10.0. The number of carbonyl (C=O) groups is 2. The average Bonchev–Trinajstić information content (AvgIpc) is 2.90. The Morgan fingerprint density at radius 3 is 2.85 bits per heavy atom. The highest BCUT2D eigenvalue weighted by Crippen LogP contribution is 2.17. The Bertz CT molecular complexity index is 618. The van der Waals surface area contributed by atoms with Crippen LogP contribution in [0.3, 0.4) is 0 Å². The largest absolute Gasteiger partial charge is 0.481 e. The van der Waals surface area contributed by atoms with Crippen LogP contribution >= 0.6 is 0 Å². The molecular formula is C15H18N2O3. The molecule has 20 heavy (non-hydrogen) atoms. The van der Waals surface area contributed by atoms with Crippen molar-refractivity contribution in [1.82, 2.24) is 10.3 Å². The van der Waals surface area contributed by atoms with Crippen molar-refractivity contribution in [2.45, 2.75) is 19.8 Å². The lowest BCUT2D eigenvalue weighted by molar-refractivity contribution is -0.141. The SMILES string of the molecule is CCCC(CNC(=O)c1cccc2cc[nH]c12)C(=O)O. The van der Waals surface area contributed by atoms with E-state index in [-0.39, 0.29) is 12.5 Å². The molecule has 3 N–H and O–H groups in total. The molecule has 2 rings (SSSR count). The normalized spacial score (nSPS) is 12.2. The zero-order valence-electron chi connectivity index (χ0n) is 11.3. The highest BCUT2D eigenvalue weighted by molar-refractivity contribution is 6.05. The van der Waals surface area contributed by atoms with E-state index >= 15 is 0 Å². The van der Waals surface area contributed by atoms with Crippen molar-refractivity contribution in [2.24, 2.45) is 5.92 Å². The Hall–Kier alpha value is -2.30. The number of benzene rings is 1. The number of hydrogen-bond acceptors (Lipinski definition) is 2. The molecule has 0 fully saturated rings. The predicted molar refractivity (Wildman–Crippen MR) is 76.7 cm³/mol. The second-order valence-corrected chi connectivity index (χ2v) is 4.78. The average molecular weight is 274 g/mol. The van der Waals surface area contributed by atoms with Crippen molar-refractivity contribution in [2.75, 3.05) is 6.54 Å². The minimum absolute atomic E-state index is 0.152. The van der Waals surface area contributed by atoms with Gasteiger partial charge in [0, 0.05) is 18.1 Å². The first-order valence-corrected chi connectivity index (χ1v) is 6.70.